The average Bonchev–Trinajstić information content (AvgIpc) is 2.79. The number of carbonyl (C=O) groups excluding carboxylic acids is 1. The third kappa shape index (κ3) is 10.8. The van der Waals surface area contributed by atoms with E-state index in [1.54, 1.807) is 0 Å². The molecule has 4 nitrogen and oxygen atoms in total. The molecule has 0 aliphatic rings. The van der Waals surface area contributed by atoms with Crippen LogP contribution in [0.4, 0.5) is 0 Å². The highest BCUT2D eigenvalue weighted by molar-refractivity contribution is 5.69. The highest BCUT2D eigenvalue weighted by Crippen LogP contribution is 2.21. The normalized spacial score (nSPS) is 11.3. The van der Waals surface area contributed by atoms with Crippen LogP contribution >= 0.6 is 0 Å². The summed E-state index contributed by atoms with van der Waals surface area (Å²) in [5.41, 5.74) is 2.52. The van der Waals surface area contributed by atoms with Crippen LogP contribution in [0.25, 0.3) is 0 Å². The van der Waals surface area contributed by atoms with Crippen LogP contribution in [-0.2, 0) is 22.5 Å². The molecule has 0 N–H and O–H groups in total. The van der Waals surface area contributed by atoms with Crippen LogP contribution in [0.2, 0.25) is 0 Å². The predicted molar refractivity (Wildman–Crippen MR) is 132 cm³/mol. The van der Waals surface area contributed by atoms with E-state index in [0.717, 1.165) is 29.7 Å². The van der Waals surface area contributed by atoms with E-state index < -0.39 is 0 Å². The van der Waals surface area contributed by atoms with Crippen LogP contribution in [0.1, 0.15) is 63.0 Å². The van der Waals surface area contributed by atoms with Crippen LogP contribution in [-0.4, -0.2) is 44.3 Å². The Morgan fingerprint density at radius 2 is 1.53 bits per heavy atom. The Kier molecular flexibility index (Phi) is 11.9. The number of carbonyl (C=O) groups is 1. The van der Waals surface area contributed by atoms with Crippen LogP contribution in [0.3, 0.4) is 0 Å². The maximum absolute atomic E-state index is 12.2. The monoisotopic (exact) mass is 440 g/mol. The first kappa shape index (κ1) is 25.9. The second kappa shape index (κ2) is 14.7. The van der Waals surface area contributed by atoms with Crippen molar-refractivity contribution in [3.05, 3.63) is 65.7 Å². The second-order valence-electron chi connectivity index (χ2n) is 9.25. The molecule has 32 heavy (non-hydrogen) atoms. The van der Waals surface area contributed by atoms with Crippen molar-refractivity contribution < 1.29 is 18.8 Å². The fraction of sp³-hybridized carbons (Fsp3) is 0.536. The predicted octanol–water partition coefficient (Wildman–Crippen LogP) is 6.18. The molecule has 0 heterocycles. The summed E-state index contributed by atoms with van der Waals surface area (Å²) in [4.78, 5) is 12.2. The van der Waals surface area contributed by atoms with E-state index in [2.05, 4.69) is 57.4 Å². The van der Waals surface area contributed by atoms with E-state index in [9.17, 15) is 4.79 Å². The SMILES string of the molecule is CCCCCCCCc1ccccc1OCCOC(=O)CC[N+](C)(C)Cc1ccccc1. The number of hydrogen-bond donors (Lipinski definition) is 0. The largest absolute Gasteiger partial charge is 0.490 e. The van der Waals surface area contributed by atoms with Crippen molar-refractivity contribution in [1.82, 2.24) is 0 Å². The summed E-state index contributed by atoms with van der Waals surface area (Å²) in [5, 5.41) is 0. The van der Waals surface area contributed by atoms with Gasteiger partial charge >= 0.3 is 5.97 Å². The Hall–Kier alpha value is -2.33. The number of quaternary nitrogens is 1. The molecule has 2 aromatic rings. The number of nitrogens with zero attached hydrogens (tertiary/aromatic N) is 1. The van der Waals surface area contributed by atoms with E-state index in [0.29, 0.717) is 13.0 Å². The van der Waals surface area contributed by atoms with Gasteiger partial charge < -0.3 is 14.0 Å². The van der Waals surface area contributed by atoms with Crippen LogP contribution in [0, 0.1) is 0 Å². The van der Waals surface area contributed by atoms with Crippen molar-refractivity contribution >= 4 is 5.97 Å². The summed E-state index contributed by atoms with van der Waals surface area (Å²) in [6.45, 7) is 4.57. The molecule has 0 saturated heterocycles. The Balaban J connectivity index is 1.64. The molecule has 176 valence electrons. The third-order valence-corrected chi connectivity index (χ3v) is 5.75. The first-order valence-electron chi connectivity index (χ1n) is 12.2. The first-order chi connectivity index (χ1) is 15.5. The van der Waals surface area contributed by atoms with Crippen LogP contribution < -0.4 is 4.74 Å². The van der Waals surface area contributed by atoms with Gasteiger partial charge in [0.15, 0.2) is 0 Å². The van der Waals surface area contributed by atoms with E-state index in [1.165, 1.54) is 49.7 Å². The lowest BCUT2D eigenvalue weighted by Crippen LogP contribution is -2.40. The molecule has 0 radical (unpaired) electrons. The van der Waals surface area contributed by atoms with Crippen molar-refractivity contribution in [3.8, 4) is 5.75 Å². The number of aryl methyl sites for hydroxylation is 1. The van der Waals surface area contributed by atoms with Gasteiger partial charge in [-0.1, -0.05) is 87.6 Å². The van der Waals surface area contributed by atoms with E-state index in [4.69, 9.17) is 9.47 Å². The third-order valence-electron chi connectivity index (χ3n) is 5.75. The average molecular weight is 441 g/mol. The second-order valence-corrected chi connectivity index (χ2v) is 9.25. The fourth-order valence-electron chi connectivity index (χ4n) is 3.88. The van der Waals surface area contributed by atoms with Gasteiger partial charge in [0, 0.05) is 5.56 Å². The number of benzene rings is 2. The quantitative estimate of drug-likeness (QED) is 0.178. The van der Waals surface area contributed by atoms with Crippen LogP contribution in [0.15, 0.2) is 54.6 Å². The fourth-order valence-corrected chi connectivity index (χ4v) is 3.88. The Morgan fingerprint density at radius 1 is 0.844 bits per heavy atom. The lowest BCUT2D eigenvalue weighted by molar-refractivity contribution is -0.903. The molecule has 2 rings (SSSR count). The van der Waals surface area contributed by atoms with Crippen molar-refractivity contribution in [2.75, 3.05) is 33.9 Å². The minimum atomic E-state index is -0.159. The minimum Gasteiger partial charge on any atom is -0.490 e. The molecular formula is C28H42NO3+. The molecule has 0 amide bonds. The maximum atomic E-state index is 12.2. The number of hydrogen-bond acceptors (Lipinski definition) is 3. The molecule has 0 fully saturated rings. The highest BCUT2D eigenvalue weighted by Gasteiger charge is 2.18. The Labute approximate surface area is 195 Å². The smallest absolute Gasteiger partial charge is 0.311 e. The van der Waals surface area contributed by atoms with Gasteiger partial charge in [0.25, 0.3) is 0 Å². The molecule has 0 saturated carbocycles. The van der Waals surface area contributed by atoms with Crippen molar-refractivity contribution in [3.63, 3.8) is 0 Å². The van der Waals surface area contributed by atoms with Gasteiger partial charge in [-0.15, -0.1) is 0 Å². The molecule has 0 spiro atoms. The van der Waals surface area contributed by atoms with Gasteiger partial charge in [0.1, 0.15) is 25.5 Å². The standard InChI is InChI=1S/C28H42NO3/c1-4-5-6-7-8-12-17-26-18-13-14-19-27(26)31-22-23-32-28(30)20-21-29(2,3)24-25-15-10-9-11-16-25/h9-11,13-16,18-19H,4-8,12,17,20-24H2,1-3H3/q+1. The number of para-hydroxylation sites is 1. The molecular weight excluding hydrogens is 398 g/mol. The van der Waals surface area contributed by atoms with Crippen molar-refractivity contribution in [2.24, 2.45) is 0 Å². The lowest BCUT2D eigenvalue weighted by atomic mass is 10.0. The summed E-state index contributed by atoms with van der Waals surface area (Å²) in [6.07, 6.45) is 9.18. The van der Waals surface area contributed by atoms with Gasteiger partial charge in [-0.25, -0.2) is 0 Å². The summed E-state index contributed by atoms with van der Waals surface area (Å²) in [5.74, 6) is 0.756. The minimum absolute atomic E-state index is 0.159. The van der Waals surface area contributed by atoms with E-state index in [-0.39, 0.29) is 12.6 Å². The lowest BCUT2D eigenvalue weighted by Gasteiger charge is -2.29. The maximum Gasteiger partial charge on any atom is 0.311 e. The summed E-state index contributed by atoms with van der Waals surface area (Å²) >= 11 is 0. The Morgan fingerprint density at radius 3 is 2.31 bits per heavy atom. The molecule has 4 heteroatoms. The zero-order chi connectivity index (χ0) is 23.1. The zero-order valence-corrected chi connectivity index (χ0v) is 20.4. The van der Waals surface area contributed by atoms with Gasteiger partial charge in [-0.2, -0.15) is 0 Å². The van der Waals surface area contributed by atoms with Gasteiger partial charge in [-0.3, -0.25) is 4.79 Å². The number of ether oxygens (including phenoxy) is 2. The zero-order valence-electron chi connectivity index (χ0n) is 20.4. The molecule has 2 aromatic carbocycles. The van der Waals surface area contributed by atoms with E-state index in [1.807, 2.05) is 18.2 Å². The molecule has 0 aliphatic carbocycles. The molecule has 0 unspecified atom stereocenters. The summed E-state index contributed by atoms with van der Waals surface area (Å²) < 4.78 is 12.1. The highest BCUT2D eigenvalue weighted by atomic mass is 16.6. The molecule has 0 aromatic heterocycles. The first-order valence-corrected chi connectivity index (χ1v) is 12.2. The number of rotatable bonds is 16. The van der Waals surface area contributed by atoms with Gasteiger partial charge in [-0.05, 0) is 24.5 Å². The topological polar surface area (TPSA) is 35.5 Å². The molecule has 0 bridgehead atoms. The van der Waals surface area contributed by atoms with Crippen molar-refractivity contribution in [1.29, 1.82) is 0 Å². The molecule has 0 aliphatic heterocycles. The molecule has 0 atom stereocenters. The Bertz CT molecular complexity index is 773. The number of unbranched alkanes of at least 4 members (excludes halogenated alkanes) is 5. The van der Waals surface area contributed by atoms with Crippen molar-refractivity contribution in [2.45, 2.75) is 64.8 Å². The van der Waals surface area contributed by atoms with E-state index >= 15 is 0 Å². The van der Waals surface area contributed by atoms with Crippen LogP contribution in [0.5, 0.6) is 5.75 Å². The summed E-state index contributed by atoms with van der Waals surface area (Å²) in [6, 6.07) is 18.6. The van der Waals surface area contributed by atoms with Gasteiger partial charge in [0.05, 0.1) is 27.1 Å². The summed E-state index contributed by atoms with van der Waals surface area (Å²) in [7, 11) is 4.29. The number of esters is 1. The van der Waals surface area contributed by atoms with Gasteiger partial charge in [0.2, 0.25) is 0 Å².